The fourth-order valence-corrected chi connectivity index (χ4v) is 1.78. The Morgan fingerprint density at radius 2 is 2.44 bits per heavy atom. The van der Waals surface area contributed by atoms with E-state index in [9.17, 15) is 4.79 Å². The summed E-state index contributed by atoms with van der Waals surface area (Å²) in [6.07, 6.45) is 7.08. The van der Waals surface area contributed by atoms with Gasteiger partial charge in [0.2, 0.25) is 11.8 Å². The molecule has 0 saturated carbocycles. The molecule has 0 fully saturated rings. The third kappa shape index (κ3) is 2.68. The third-order valence-electron chi connectivity index (χ3n) is 2.71. The molecule has 1 aliphatic heterocycles. The Hall–Kier alpha value is -2.30. The van der Waals surface area contributed by atoms with Gasteiger partial charge in [0.25, 0.3) is 0 Å². The van der Waals surface area contributed by atoms with Crippen LogP contribution in [0.1, 0.15) is 5.56 Å². The van der Waals surface area contributed by atoms with Crippen molar-refractivity contribution in [3.05, 3.63) is 47.8 Å². The van der Waals surface area contributed by atoms with E-state index in [-0.39, 0.29) is 0 Å². The van der Waals surface area contributed by atoms with Crippen molar-refractivity contribution in [1.82, 2.24) is 9.88 Å². The number of ether oxygens (including phenoxy) is 1. The molecule has 5 heteroatoms. The number of rotatable bonds is 4. The lowest BCUT2D eigenvalue weighted by atomic mass is 10.1. The number of amides is 1. The largest absolute Gasteiger partial charge is 0.481 e. The highest BCUT2D eigenvalue weighted by atomic mass is 16.5. The second-order valence-corrected chi connectivity index (χ2v) is 3.94. The molecule has 2 rings (SSSR count). The first-order chi connectivity index (χ1) is 8.70. The van der Waals surface area contributed by atoms with Gasteiger partial charge in [0.15, 0.2) is 0 Å². The molecule has 0 bridgehead atoms. The van der Waals surface area contributed by atoms with Crippen LogP contribution >= 0.6 is 0 Å². The Labute approximate surface area is 106 Å². The van der Waals surface area contributed by atoms with Gasteiger partial charge in [-0.05, 0) is 12.1 Å². The molecule has 94 valence electrons. The van der Waals surface area contributed by atoms with Crippen molar-refractivity contribution in [3.63, 3.8) is 0 Å². The Kier molecular flexibility index (Phi) is 3.62. The van der Waals surface area contributed by atoms with E-state index in [0.29, 0.717) is 24.5 Å². The number of nitrogens with zero attached hydrogens (tertiary/aromatic N) is 2. The number of primary amides is 1. The normalized spacial score (nSPS) is 14.3. The van der Waals surface area contributed by atoms with Gasteiger partial charge in [-0.15, -0.1) is 0 Å². The highest BCUT2D eigenvalue weighted by Gasteiger charge is 2.11. The van der Waals surface area contributed by atoms with Crippen LogP contribution in [-0.4, -0.2) is 29.4 Å². The first-order valence-corrected chi connectivity index (χ1v) is 5.61. The number of pyridine rings is 1. The van der Waals surface area contributed by atoms with Crippen molar-refractivity contribution in [2.24, 2.45) is 5.73 Å². The van der Waals surface area contributed by atoms with Crippen LogP contribution in [0.5, 0.6) is 5.88 Å². The van der Waals surface area contributed by atoms with E-state index < -0.39 is 5.91 Å². The van der Waals surface area contributed by atoms with E-state index >= 15 is 0 Å². The van der Waals surface area contributed by atoms with Crippen LogP contribution in [0.15, 0.2) is 42.3 Å². The van der Waals surface area contributed by atoms with Gasteiger partial charge in [0, 0.05) is 36.6 Å². The zero-order valence-corrected chi connectivity index (χ0v) is 10.2. The molecular formula is C13H15N3O2. The van der Waals surface area contributed by atoms with Gasteiger partial charge in [-0.3, -0.25) is 4.79 Å². The Bertz CT molecular complexity index is 509. The number of carbonyl (C=O) groups is 1. The molecule has 5 nitrogen and oxygen atoms in total. The van der Waals surface area contributed by atoms with E-state index in [1.807, 2.05) is 29.3 Å². The third-order valence-corrected chi connectivity index (χ3v) is 2.71. The predicted molar refractivity (Wildman–Crippen MR) is 67.6 cm³/mol. The van der Waals surface area contributed by atoms with Gasteiger partial charge in [-0.2, -0.15) is 0 Å². The summed E-state index contributed by atoms with van der Waals surface area (Å²) in [5, 5.41) is 0. The van der Waals surface area contributed by atoms with Crippen molar-refractivity contribution in [2.75, 3.05) is 13.7 Å². The lowest BCUT2D eigenvalue weighted by Gasteiger charge is -2.22. The van der Waals surface area contributed by atoms with Crippen molar-refractivity contribution >= 4 is 5.91 Å². The van der Waals surface area contributed by atoms with Gasteiger partial charge < -0.3 is 15.4 Å². The van der Waals surface area contributed by atoms with Crippen LogP contribution < -0.4 is 10.5 Å². The first kappa shape index (κ1) is 12.2. The summed E-state index contributed by atoms with van der Waals surface area (Å²) in [7, 11) is 1.60. The monoisotopic (exact) mass is 245 g/mol. The summed E-state index contributed by atoms with van der Waals surface area (Å²) in [5.41, 5.74) is 6.75. The first-order valence-electron chi connectivity index (χ1n) is 5.61. The molecule has 1 amide bonds. The quantitative estimate of drug-likeness (QED) is 0.853. The fourth-order valence-electron chi connectivity index (χ4n) is 1.78. The topological polar surface area (TPSA) is 68.4 Å². The van der Waals surface area contributed by atoms with Crippen LogP contribution in [0.4, 0.5) is 0 Å². The van der Waals surface area contributed by atoms with Gasteiger partial charge in [0.05, 0.1) is 7.11 Å². The van der Waals surface area contributed by atoms with Crippen molar-refractivity contribution in [3.8, 4) is 5.88 Å². The van der Waals surface area contributed by atoms with E-state index in [1.165, 1.54) is 0 Å². The minimum Gasteiger partial charge on any atom is -0.481 e. The van der Waals surface area contributed by atoms with Gasteiger partial charge in [-0.25, -0.2) is 4.98 Å². The summed E-state index contributed by atoms with van der Waals surface area (Å²) in [4.78, 5) is 17.2. The molecular weight excluding hydrogens is 230 g/mol. The second kappa shape index (κ2) is 5.35. The van der Waals surface area contributed by atoms with Crippen LogP contribution in [0.3, 0.4) is 0 Å². The molecule has 1 aromatic heterocycles. The highest BCUT2D eigenvalue weighted by molar-refractivity contribution is 5.94. The number of methoxy groups -OCH3 is 1. The second-order valence-electron chi connectivity index (χ2n) is 3.94. The average Bonchev–Trinajstić information content (AvgIpc) is 2.40. The lowest BCUT2D eigenvalue weighted by molar-refractivity contribution is -0.114. The molecule has 2 heterocycles. The summed E-state index contributed by atoms with van der Waals surface area (Å²) in [5.74, 6) is 0.223. The summed E-state index contributed by atoms with van der Waals surface area (Å²) >= 11 is 0. The molecule has 0 spiro atoms. The fraction of sp³-hybridized carbons (Fsp3) is 0.231. The van der Waals surface area contributed by atoms with Crippen LogP contribution in [0.2, 0.25) is 0 Å². The molecule has 2 N–H and O–H groups in total. The lowest BCUT2D eigenvalue weighted by Crippen LogP contribution is -2.23. The summed E-state index contributed by atoms with van der Waals surface area (Å²) < 4.78 is 5.19. The Morgan fingerprint density at radius 1 is 1.61 bits per heavy atom. The van der Waals surface area contributed by atoms with E-state index in [4.69, 9.17) is 10.5 Å². The smallest absolute Gasteiger partial charge is 0.248 e. The van der Waals surface area contributed by atoms with Gasteiger partial charge >= 0.3 is 0 Å². The minimum absolute atomic E-state index is 0.398. The Morgan fingerprint density at radius 3 is 3.06 bits per heavy atom. The molecule has 0 aliphatic carbocycles. The number of hydrogen-bond donors (Lipinski definition) is 1. The van der Waals surface area contributed by atoms with Crippen LogP contribution in [0.25, 0.3) is 0 Å². The summed E-state index contributed by atoms with van der Waals surface area (Å²) in [6.45, 7) is 1.32. The van der Waals surface area contributed by atoms with Crippen molar-refractivity contribution < 1.29 is 9.53 Å². The van der Waals surface area contributed by atoms with Gasteiger partial charge in [0.1, 0.15) is 0 Å². The molecule has 1 aliphatic rings. The van der Waals surface area contributed by atoms with E-state index in [1.54, 1.807) is 19.4 Å². The maximum absolute atomic E-state index is 11.0. The minimum atomic E-state index is -0.398. The molecule has 0 saturated heterocycles. The van der Waals surface area contributed by atoms with Crippen molar-refractivity contribution in [2.45, 2.75) is 6.54 Å². The number of aromatic nitrogens is 1. The molecule has 0 atom stereocenters. The maximum Gasteiger partial charge on any atom is 0.248 e. The van der Waals surface area contributed by atoms with E-state index in [0.717, 1.165) is 5.56 Å². The molecule has 0 unspecified atom stereocenters. The number of carbonyl (C=O) groups excluding carboxylic acids is 1. The SMILES string of the molecule is COc1ncccc1CN1C=CC(C(N)=O)=CC1. The zero-order valence-electron chi connectivity index (χ0n) is 10.2. The average molecular weight is 245 g/mol. The van der Waals surface area contributed by atoms with E-state index in [2.05, 4.69) is 4.98 Å². The highest BCUT2D eigenvalue weighted by Crippen LogP contribution is 2.18. The van der Waals surface area contributed by atoms with Crippen LogP contribution in [-0.2, 0) is 11.3 Å². The standard InChI is InChI=1S/C13H15N3O2/c1-18-13-11(3-2-6-15-13)9-16-7-4-10(5-8-16)12(14)17/h2-7H,8-9H2,1H3,(H2,14,17). The number of nitrogens with two attached hydrogens (primary N) is 1. The zero-order chi connectivity index (χ0) is 13.0. The van der Waals surface area contributed by atoms with Crippen LogP contribution in [0, 0.1) is 0 Å². The Balaban J connectivity index is 2.05. The molecule has 18 heavy (non-hydrogen) atoms. The molecule has 1 aromatic rings. The maximum atomic E-state index is 11.0. The molecule has 0 aromatic carbocycles. The predicted octanol–water partition coefficient (Wildman–Crippen LogP) is 0.831. The summed E-state index contributed by atoms with van der Waals surface area (Å²) in [6, 6.07) is 3.84. The van der Waals surface area contributed by atoms with Gasteiger partial charge in [-0.1, -0.05) is 12.1 Å². The molecule has 0 radical (unpaired) electrons. The number of hydrogen-bond acceptors (Lipinski definition) is 4. The van der Waals surface area contributed by atoms with Crippen molar-refractivity contribution in [1.29, 1.82) is 0 Å².